The van der Waals surface area contributed by atoms with Crippen LogP contribution in [0.15, 0.2) is 36.9 Å². The normalized spacial score (nSPS) is 17.1. The molecule has 2 aliphatic heterocycles. The molecule has 2 aliphatic rings. The molecule has 0 aliphatic carbocycles. The predicted octanol–water partition coefficient (Wildman–Crippen LogP) is 3.33. The Morgan fingerprint density at radius 1 is 1.21 bits per heavy atom. The van der Waals surface area contributed by atoms with Crippen LogP contribution in [0.3, 0.4) is 0 Å². The molecule has 5 rings (SSSR count). The Labute approximate surface area is 199 Å². The fourth-order valence-corrected chi connectivity index (χ4v) is 4.74. The highest BCUT2D eigenvalue weighted by Gasteiger charge is 2.28. The van der Waals surface area contributed by atoms with Crippen LogP contribution < -0.4 is 19.7 Å². The smallest absolute Gasteiger partial charge is 0.237 e. The van der Waals surface area contributed by atoms with Gasteiger partial charge in [0.2, 0.25) is 18.6 Å². The van der Waals surface area contributed by atoms with Crippen molar-refractivity contribution in [2.24, 2.45) is 0 Å². The number of hydrogen-bond donors (Lipinski definition) is 1. The number of fused-ring (bicyclic) bond motifs is 1. The molecule has 34 heavy (non-hydrogen) atoms. The number of aryl methyl sites for hydroxylation is 1. The monoisotopic (exact) mass is 462 g/mol. The van der Waals surface area contributed by atoms with Gasteiger partial charge in [-0.25, -0.2) is 9.97 Å². The molecule has 0 saturated carbocycles. The first-order chi connectivity index (χ1) is 16.6. The number of amides is 1. The van der Waals surface area contributed by atoms with Crippen LogP contribution in [0.1, 0.15) is 49.4 Å². The standard InChI is InChI=1S/C25H30N6O3/c1-3-20-17(2)28-25(30-11-9-26-15-30)29-24(20)31-10-5-4-6-19(31)13-23(32)27-14-18-7-8-21-22(12-18)34-16-33-21/h7-9,11-12,15,19H,3-6,10,13-14,16H2,1-2H3,(H,27,32). The fraction of sp³-hybridized carbons (Fsp3) is 0.440. The number of benzene rings is 1. The molecule has 1 amide bonds. The first-order valence-corrected chi connectivity index (χ1v) is 11.9. The third kappa shape index (κ3) is 4.55. The van der Waals surface area contributed by atoms with Crippen molar-refractivity contribution in [3.05, 3.63) is 53.7 Å². The Hall–Kier alpha value is -3.62. The summed E-state index contributed by atoms with van der Waals surface area (Å²) in [6.07, 6.45) is 9.70. The lowest BCUT2D eigenvalue weighted by Crippen LogP contribution is -2.44. The van der Waals surface area contributed by atoms with Gasteiger partial charge in [0, 0.05) is 49.2 Å². The van der Waals surface area contributed by atoms with Crippen molar-refractivity contribution in [1.82, 2.24) is 24.8 Å². The average molecular weight is 463 g/mol. The van der Waals surface area contributed by atoms with Crippen LogP contribution in [-0.2, 0) is 17.8 Å². The van der Waals surface area contributed by atoms with E-state index >= 15 is 0 Å². The van der Waals surface area contributed by atoms with Crippen molar-refractivity contribution in [3.63, 3.8) is 0 Å². The second-order valence-electron chi connectivity index (χ2n) is 8.75. The molecule has 0 radical (unpaired) electrons. The average Bonchev–Trinajstić information content (AvgIpc) is 3.54. The third-order valence-electron chi connectivity index (χ3n) is 6.52. The minimum Gasteiger partial charge on any atom is -0.454 e. The second-order valence-corrected chi connectivity index (χ2v) is 8.75. The molecule has 2 aromatic heterocycles. The van der Waals surface area contributed by atoms with E-state index in [0.717, 1.165) is 66.4 Å². The highest BCUT2D eigenvalue weighted by Crippen LogP contribution is 2.33. The molecule has 0 bridgehead atoms. The number of rotatable bonds is 7. The SMILES string of the molecule is CCc1c(C)nc(-n2ccnc2)nc1N1CCCCC1CC(=O)NCc1ccc2c(c1)OCO2. The summed E-state index contributed by atoms with van der Waals surface area (Å²) in [6.45, 7) is 5.74. The molecule has 1 unspecified atom stereocenters. The highest BCUT2D eigenvalue weighted by atomic mass is 16.7. The maximum Gasteiger partial charge on any atom is 0.237 e. The molecule has 1 saturated heterocycles. The molecular formula is C25H30N6O3. The van der Waals surface area contributed by atoms with E-state index in [4.69, 9.17) is 19.4 Å². The van der Waals surface area contributed by atoms with E-state index in [1.165, 1.54) is 0 Å². The second kappa shape index (κ2) is 9.70. The van der Waals surface area contributed by atoms with Gasteiger partial charge in [-0.15, -0.1) is 0 Å². The van der Waals surface area contributed by atoms with E-state index in [-0.39, 0.29) is 18.7 Å². The van der Waals surface area contributed by atoms with Crippen molar-refractivity contribution in [1.29, 1.82) is 0 Å². The van der Waals surface area contributed by atoms with Crippen LogP contribution in [-0.4, -0.2) is 44.8 Å². The zero-order chi connectivity index (χ0) is 23.5. The van der Waals surface area contributed by atoms with E-state index in [1.807, 2.05) is 35.9 Å². The number of hydrogen-bond acceptors (Lipinski definition) is 7. The van der Waals surface area contributed by atoms with Gasteiger partial charge in [-0.2, -0.15) is 4.98 Å². The predicted molar refractivity (Wildman–Crippen MR) is 127 cm³/mol. The minimum atomic E-state index is 0.0354. The maximum absolute atomic E-state index is 12.9. The van der Waals surface area contributed by atoms with E-state index in [0.29, 0.717) is 18.9 Å². The Balaban J connectivity index is 1.32. The Kier molecular flexibility index (Phi) is 6.33. The van der Waals surface area contributed by atoms with Gasteiger partial charge in [0.1, 0.15) is 12.1 Å². The van der Waals surface area contributed by atoms with Crippen LogP contribution in [0.25, 0.3) is 5.95 Å². The molecule has 4 heterocycles. The van der Waals surface area contributed by atoms with E-state index in [1.54, 1.807) is 12.5 Å². The lowest BCUT2D eigenvalue weighted by atomic mass is 9.97. The van der Waals surface area contributed by atoms with Gasteiger partial charge in [0.15, 0.2) is 11.5 Å². The van der Waals surface area contributed by atoms with Crippen LogP contribution in [0.4, 0.5) is 5.82 Å². The first-order valence-electron chi connectivity index (χ1n) is 11.9. The van der Waals surface area contributed by atoms with Crippen LogP contribution in [0.5, 0.6) is 11.5 Å². The van der Waals surface area contributed by atoms with E-state index in [9.17, 15) is 4.79 Å². The largest absolute Gasteiger partial charge is 0.454 e. The topological polar surface area (TPSA) is 94.4 Å². The molecule has 0 spiro atoms. The highest BCUT2D eigenvalue weighted by molar-refractivity contribution is 5.77. The quantitative estimate of drug-likeness (QED) is 0.576. The molecule has 178 valence electrons. The van der Waals surface area contributed by atoms with Crippen LogP contribution in [0, 0.1) is 6.92 Å². The summed E-state index contributed by atoms with van der Waals surface area (Å²) in [6, 6.07) is 5.86. The number of carbonyl (C=O) groups is 1. The summed E-state index contributed by atoms with van der Waals surface area (Å²) < 4.78 is 12.6. The number of nitrogens with zero attached hydrogens (tertiary/aromatic N) is 5. The van der Waals surface area contributed by atoms with Gasteiger partial charge in [0.25, 0.3) is 0 Å². The Morgan fingerprint density at radius 3 is 2.91 bits per heavy atom. The van der Waals surface area contributed by atoms with Gasteiger partial charge >= 0.3 is 0 Å². The van der Waals surface area contributed by atoms with Crippen molar-refractivity contribution in [2.45, 2.75) is 58.5 Å². The zero-order valence-electron chi connectivity index (χ0n) is 19.7. The number of carbonyl (C=O) groups excluding carboxylic acids is 1. The van der Waals surface area contributed by atoms with E-state index < -0.39 is 0 Å². The molecular weight excluding hydrogens is 432 g/mol. The molecule has 3 aromatic rings. The van der Waals surface area contributed by atoms with Crippen molar-refractivity contribution in [2.75, 3.05) is 18.2 Å². The molecule has 1 atom stereocenters. The van der Waals surface area contributed by atoms with Gasteiger partial charge in [-0.1, -0.05) is 13.0 Å². The molecule has 9 heteroatoms. The number of anilines is 1. The van der Waals surface area contributed by atoms with Crippen LogP contribution >= 0.6 is 0 Å². The third-order valence-corrected chi connectivity index (χ3v) is 6.52. The summed E-state index contributed by atoms with van der Waals surface area (Å²) in [7, 11) is 0. The summed E-state index contributed by atoms with van der Waals surface area (Å²) in [4.78, 5) is 29.0. The van der Waals surface area contributed by atoms with Crippen molar-refractivity contribution < 1.29 is 14.3 Å². The summed E-state index contributed by atoms with van der Waals surface area (Å²) in [5.41, 5.74) is 3.09. The van der Waals surface area contributed by atoms with E-state index in [2.05, 4.69) is 22.1 Å². The van der Waals surface area contributed by atoms with Gasteiger partial charge in [0.05, 0.1) is 0 Å². The van der Waals surface area contributed by atoms with Crippen LogP contribution in [0.2, 0.25) is 0 Å². The number of ether oxygens (including phenoxy) is 2. The minimum absolute atomic E-state index is 0.0354. The molecule has 9 nitrogen and oxygen atoms in total. The number of nitrogens with one attached hydrogen (secondary N) is 1. The van der Waals surface area contributed by atoms with Crippen molar-refractivity contribution >= 4 is 11.7 Å². The lowest BCUT2D eigenvalue weighted by Gasteiger charge is -2.37. The Bertz CT molecular complexity index is 1160. The first kappa shape index (κ1) is 22.2. The zero-order valence-corrected chi connectivity index (χ0v) is 19.7. The maximum atomic E-state index is 12.9. The number of imidazole rings is 1. The molecule has 1 fully saturated rings. The summed E-state index contributed by atoms with van der Waals surface area (Å²) >= 11 is 0. The van der Waals surface area contributed by atoms with Crippen molar-refractivity contribution in [3.8, 4) is 17.4 Å². The number of aromatic nitrogens is 4. The Morgan fingerprint density at radius 2 is 2.09 bits per heavy atom. The lowest BCUT2D eigenvalue weighted by molar-refractivity contribution is -0.121. The number of piperidine rings is 1. The van der Waals surface area contributed by atoms with Gasteiger partial charge in [-0.05, 0) is 50.3 Å². The molecule has 1 aromatic carbocycles. The van der Waals surface area contributed by atoms with Gasteiger partial charge < -0.3 is 19.7 Å². The summed E-state index contributed by atoms with van der Waals surface area (Å²) in [5, 5.41) is 3.08. The summed E-state index contributed by atoms with van der Waals surface area (Å²) in [5.74, 6) is 3.05. The molecule has 1 N–H and O–H groups in total. The van der Waals surface area contributed by atoms with Gasteiger partial charge in [-0.3, -0.25) is 9.36 Å². The fourth-order valence-electron chi connectivity index (χ4n) is 4.74.